The van der Waals surface area contributed by atoms with Crippen LogP contribution in [0, 0.1) is 13.0 Å². The van der Waals surface area contributed by atoms with Gasteiger partial charge in [0.2, 0.25) is 0 Å². The van der Waals surface area contributed by atoms with E-state index in [0.29, 0.717) is 0 Å². The Kier molecular flexibility index (Phi) is 9.49. The molecule has 0 aliphatic rings. The zero-order valence-corrected chi connectivity index (χ0v) is 13.0. The van der Waals surface area contributed by atoms with E-state index in [1.165, 1.54) is 81.8 Å². The van der Waals surface area contributed by atoms with Crippen LogP contribution in [0.1, 0.15) is 82.3 Å². The van der Waals surface area contributed by atoms with Gasteiger partial charge in [-0.05, 0) is 31.4 Å². The van der Waals surface area contributed by atoms with Gasteiger partial charge in [-0.1, -0.05) is 88.5 Å². The van der Waals surface area contributed by atoms with Crippen molar-refractivity contribution in [3.8, 4) is 0 Å². The van der Waals surface area contributed by atoms with Gasteiger partial charge in [-0.2, -0.15) is 0 Å². The summed E-state index contributed by atoms with van der Waals surface area (Å²) in [6.07, 6.45) is 15.3. The first kappa shape index (κ1) is 16.3. The van der Waals surface area contributed by atoms with Gasteiger partial charge < -0.3 is 0 Å². The number of hydrogen-bond acceptors (Lipinski definition) is 0. The van der Waals surface area contributed by atoms with Gasteiger partial charge in [0.05, 0.1) is 0 Å². The van der Waals surface area contributed by atoms with E-state index in [1.54, 1.807) is 0 Å². The Morgan fingerprint density at radius 3 is 2.00 bits per heavy atom. The van der Waals surface area contributed by atoms with Crippen molar-refractivity contribution in [1.29, 1.82) is 0 Å². The highest BCUT2D eigenvalue weighted by Crippen LogP contribution is 2.12. The highest BCUT2D eigenvalue weighted by Gasteiger charge is 1.95. The molecule has 1 radical (unpaired) electrons. The monoisotopic (exact) mass is 259 g/mol. The van der Waals surface area contributed by atoms with Crippen LogP contribution >= 0.6 is 0 Å². The molecule has 0 saturated carbocycles. The van der Waals surface area contributed by atoms with Crippen LogP contribution in [0.3, 0.4) is 0 Å². The zero-order chi connectivity index (χ0) is 13.8. The van der Waals surface area contributed by atoms with Crippen LogP contribution in [0.4, 0.5) is 0 Å². The van der Waals surface area contributed by atoms with E-state index < -0.39 is 0 Å². The van der Waals surface area contributed by atoms with Crippen molar-refractivity contribution in [2.45, 2.75) is 84.5 Å². The minimum atomic E-state index is 1.21. The van der Waals surface area contributed by atoms with Crippen molar-refractivity contribution in [3.63, 3.8) is 0 Å². The van der Waals surface area contributed by atoms with E-state index in [2.05, 4.69) is 38.1 Å². The highest BCUT2D eigenvalue weighted by atomic mass is 14.0. The number of rotatable bonds is 11. The molecule has 0 saturated heterocycles. The van der Waals surface area contributed by atoms with Gasteiger partial charge in [-0.3, -0.25) is 0 Å². The third-order valence-corrected chi connectivity index (χ3v) is 3.82. The molecule has 0 unspecified atom stereocenters. The van der Waals surface area contributed by atoms with Gasteiger partial charge in [-0.25, -0.2) is 0 Å². The summed E-state index contributed by atoms with van der Waals surface area (Å²) in [5.74, 6) is 0. The summed E-state index contributed by atoms with van der Waals surface area (Å²) in [5.41, 5.74) is 2.75. The van der Waals surface area contributed by atoms with E-state index in [9.17, 15) is 0 Å². The second kappa shape index (κ2) is 11.1. The zero-order valence-electron chi connectivity index (χ0n) is 13.0. The summed E-state index contributed by atoms with van der Waals surface area (Å²) >= 11 is 0. The predicted octanol–water partition coefficient (Wildman–Crippen LogP) is 6.26. The molecule has 0 aliphatic carbocycles. The van der Waals surface area contributed by atoms with Crippen LogP contribution in [-0.2, 0) is 6.42 Å². The standard InChI is InChI=1S/C19H31/c1-3-4-5-6-7-8-9-10-11-12-15-19-16-13-14-18(2)17-19/h13-14,17H,3-12,15H2,1-2H3. The lowest BCUT2D eigenvalue weighted by molar-refractivity contribution is 0.556. The fraction of sp³-hybridized carbons (Fsp3) is 0.684. The van der Waals surface area contributed by atoms with Crippen LogP contribution in [0.15, 0.2) is 18.2 Å². The summed E-state index contributed by atoms with van der Waals surface area (Å²) in [4.78, 5) is 0. The van der Waals surface area contributed by atoms with Gasteiger partial charge in [0.1, 0.15) is 0 Å². The SMILES string of the molecule is CCCCCCCCCCCCc1[c]ccc(C)c1. The van der Waals surface area contributed by atoms with E-state index in [1.807, 2.05) is 0 Å². The molecule has 0 bridgehead atoms. The topological polar surface area (TPSA) is 0 Å². The summed E-state index contributed by atoms with van der Waals surface area (Å²) in [6.45, 7) is 4.45. The fourth-order valence-electron chi connectivity index (χ4n) is 2.59. The first-order valence-corrected chi connectivity index (χ1v) is 8.30. The number of benzene rings is 1. The van der Waals surface area contributed by atoms with Crippen molar-refractivity contribution in [1.82, 2.24) is 0 Å². The Labute approximate surface area is 120 Å². The number of unbranched alkanes of at least 4 members (excludes halogenated alkanes) is 9. The fourth-order valence-corrected chi connectivity index (χ4v) is 2.59. The minimum absolute atomic E-state index is 1.21. The van der Waals surface area contributed by atoms with Crippen LogP contribution < -0.4 is 0 Å². The molecule has 0 nitrogen and oxygen atoms in total. The maximum Gasteiger partial charge on any atom is -0.0149 e. The molecule has 0 amide bonds. The van der Waals surface area contributed by atoms with E-state index in [-0.39, 0.29) is 0 Å². The van der Waals surface area contributed by atoms with E-state index >= 15 is 0 Å². The quantitative estimate of drug-likeness (QED) is 0.411. The van der Waals surface area contributed by atoms with Crippen LogP contribution in [0.5, 0.6) is 0 Å². The number of hydrogen-bond donors (Lipinski definition) is 0. The molecule has 19 heavy (non-hydrogen) atoms. The van der Waals surface area contributed by atoms with Gasteiger partial charge in [0.15, 0.2) is 0 Å². The Balaban J connectivity index is 1.89. The molecule has 0 N–H and O–H groups in total. The normalized spacial score (nSPS) is 10.8. The molecule has 0 spiro atoms. The lowest BCUT2D eigenvalue weighted by atomic mass is 10.0. The molecule has 0 fully saturated rings. The summed E-state index contributed by atoms with van der Waals surface area (Å²) in [6, 6.07) is 9.80. The van der Waals surface area contributed by atoms with Gasteiger partial charge in [-0.15, -0.1) is 0 Å². The third-order valence-electron chi connectivity index (χ3n) is 3.82. The Morgan fingerprint density at radius 1 is 0.842 bits per heavy atom. The largest absolute Gasteiger partial charge is 0.0654 e. The Hall–Kier alpha value is -0.780. The molecule has 0 heterocycles. The molecule has 1 aromatic rings. The van der Waals surface area contributed by atoms with E-state index in [4.69, 9.17) is 0 Å². The van der Waals surface area contributed by atoms with Crippen LogP contribution in [0.2, 0.25) is 0 Å². The first-order chi connectivity index (χ1) is 9.33. The average Bonchev–Trinajstić information content (AvgIpc) is 2.41. The van der Waals surface area contributed by atoms with Crippen molar-refractivity contribution in [2.24, 2.45) is 0 Å². The minimum Gasteiger partial charge on any atom is -0.0654 e. The van der Waals surface area contributed by atoms with Gasteiger partial charge in [0.25, 0.3) is 0 Å². The molecular weight excluding hydrogens is 228 g/mol. The van der Waals surface area contributed by atoms with Crippen molar-refractivity contribution in [2.75, 3.05) is 0 Å². The maximum absolute atomic E-state index is 3.34. The summed E-state index contributed by atoms with van der Waals surface area (Å²) in [5, 5.41) is 0. The molecule has 0 aliphatic heterocycles. The third kappa shape index (κ3) is 8.86. The van der Waals surface area contributed by atoms with Gasteiger partial charge >= 0.3 is 0 Å². The second-order valence-corrected chi connectivity index (χ2v) is 5.82. The lowest BCUT2D eigenvalue weighted by Crippen LogP contribution is -1.87. The summed E-state index contributed by atoms with van der Waals surface area (Å²) in [7, 11) is 0. The maximum atomic E-state index is 3.34. The van der Waals surface area contributed by atoms with Gasteiger partial charge in [0, 0.05) is 0 Å². The second-order valence-electron chi connectivity index (χ2n) is 5.82. The number of aryl methyl sites for hydroxylation is 2. The summed E-state index contributed by atoms with van der Waals surface area (Å²) < 4.78 is 0. The molecule has 0 atom stereocenters. The lowest BCUT2D eigenvalue weighted by Gasteiger charge is -2.03. The molecule has 0 heteroatoms. The first-order valence-electron chi connectivity index (χ1n) is 8.30. The van der Waals surface area contributed by atoms with Crippen molar-refractivity contribution < 1.29 is 0 Å². The average molecular weight is 259 g/mol. The molecule has 0 aromatic heterocycles. The Bertz CT molecular complexity index is 314. The van der Waals surface area contributed by atoms with Crippen LogP contribution in [-0.4, -0.2) is 0 Å². The van der Waals surface area contributed by atoms with Crippen LogP contribution in [0.25, 0.3) is 0 Å². The molecule has 1 rings (SSSR count). The van der Waals surface area contributed by atoms with Crippen molar-refractivity contribution >= 4 is 0 Å². The molecular formula is C19H31. The van der Waals surface area contributed by atoms with E-state index in [0.717, 1.165) is 0 Å². The Morgan fingerprint density at radius 2 is 1.42 bits per heavy atom. The van der Waals surface area contributed by atoms with Crippen molar-refractivity contribution in [3.05, 3.63) is 35.4 Å². The molecule has 107 valence electrons. The molecule has 1 aromatic carbocycles. The predicted molar refractivity (Wildman–Crippen MR) is 85.6 cm³/mol. The highest BCUT2D eigenvalue weighted by molar-refractivity contribution is 5.20. The smallest absolute Gasteiger partial charge is 0.0149 e.